The zero-order chi connectivity index (χ0) is 15.5. The van der Waals surface area contributed by atoms with Crippen LogP contribution in [0.2, 0.25) is 5.02 Å². The van der Waals surface area contributed by atoms with E-state index in [0.717, 1.165) is 36.9 Å². The number of methoxy groups -OCH3 is 1. The highest BCUT2D eigenvalue weighted by molar-refractivity contribution is 9.09. The molecule has 1 saturated carbocycles. The van der Waals surface area contributed by atoms with Gasteiger partial charge in [0.2, 0.25) is 0 Å². The molecule has 116 valence electrons. The lowest BCUT2D eigenvalue weighted by molar-refractivity contribution is 0.0871. The summed E-state index contributed by atoms with van der Waals surface area (Å²) in [5, 5.41) is 4.50. The monoisotopic (exact) mass is 373 g/mol. The molecule has 21 heavy (non-hydrogen) atoms. The normalized spacial score (nSPS) is 25.4. The van der Waals surface area contributed by atoms with E-state index in [1.807, 2.05) is 0 Å². The standard InChI is InChI=1S/C16H21BrClNO2/c1-11-5-7-16(10-17,8-6-11)19-15(20)13-9-12(18)3-4-14(13)21-2/h3-4,9,11H,5-8,10H2,1-2H3,(H,19,20). The van der Waals surface area contributed by atoms with Crippen LogP contribution in [0.15, 0.2) is 18.2 Å². The van der Waals surface area contributed by atoms with Crippen LogP contribution < -0.4 is 10.1 Å². The quantitative estimate of drug-likeness (QED) is 0.792. The third kappa shape index (κ3) is 3.92. The minimum atomic E-state index is -0.170. The van der Waals surface area contributed by atoms with Gasteiger partial charge in [0.15, 0.2) is 0 Å². The van der Waals surface area contributed by atoms with Gasteiger partial charge in [-0.25, -0.2) is 0 Å². The van der Waals surface area contributed by atoms with Crippen LogP contribution in [0.4, 0.5) is 0 Å². The molecule has 5 heteroatoms. The second-order valence-corrected chi connectivity index (χ2v) is 6.89. The van der Waals surface area contributed by atoms with Crippen molar-refractivity contribution in [1.29, 1.82) is 0 Å². The SMILES string of the molecule is COc1ccc(Cl)cc1C(=O)NC1(CBr)CCC(C)CC1. The van der Waals surface area contributed by atoms with Gasteiger partial charge in [0.05, 0.1) is 18.2 Å². The Morgan fingerprint density at radius 1 is 1.48 bits per heavy atom. The van der Waals surface area contributed by atoms with Crippen molar-refractivity contribution in [3.05, 3.63) is 28.8 Å². The molecule has 0 radical (unpaired) electrons. The Bertz CT molecular complexity index is 513. The van der Waals surface area contributed by atoms with E-state index in [1.165, 1.54) is 0 Å². The van der Waals surface area contributed by atoms with Crippen molar-refractivity contribution in [1.82, 2.24) is 5.32 Å². The van der Waals surface area contributed by atoms with Gasteiger partial charge in [-0.1, -0.05) is 34.5 Å². The fourth-order valence-corrected chi connectivity index (χ4v) is 3.65. The molecule has 0 spiro atoms. The molecule has 0 aliphatic heterocycles. The Labute approximate surface area is 139 Å². The minimum absolute atomic E-state index is 0.122. The van der Waals surface area contributed by atoms with E-state index in [1.54, 1.807) is 25.3 Å². The maximum absolute atomic E-state index is 12.6. The summed E-state index contributed by atoms with van der Waals surface area (Å²) in [4.78, 5) is 12.6. The van der Waals surface area contributed by atoms with Crippen molar-refractivity contribution < 1.29 is 9.53 Å². The molecular weight excluding hydrogens is 354 g/mol. The highest BCUT2D eigenvalue weighted by Gasteiger charge is 2.35. The number of alkyl halides is 1. The maximum Gasteiger partial charge on any atom is 0.255 e. The molecule has 1 fully saturated rings. The zero-order valence-corrected chi connectivity index (χ0v) is 14.8. The number of nitrogens with one attached hydrogen (secondary N) is 1. The number of hydrogen-bond donors (Lipinski definition) is 1. The van der Waals surface area contributed by atoms with Gasteiger partial charge < -0.3 is 10.1 Å². The lowest BCUT2D eigenvalue weighted by Crippen LogP contribution is -2.52. The van der Waals surface area contributed by atoms with Crippen LogP contribution in [-0.2, 0) is 0 Å². The number of carbonyl (C=O) groups excluding carboxylic acids is 1. The molecule has 2 rings (SSSR count). The highest BCUT2D eigenvalue weighted by Crippen LogP contribution is 2.34. The summed E-state index contributed by atoms with van der Waals surface area (Å²) in [6.07, 6.45) is 4.26. The fraction of sp³-hybridized carbons (Fsp3) is 0.562. The molecule has 3 nitrogen and oxygen atoms in total. The first kappa shape index (κ1) is 16.6. The number of carbonyl (C=O) groups is 1. The van der Waals surface area contributed by atoms with Crippen molar-refractivity contribution in [2.75, 3.05) is 12.4 Å². The van der Waals surface area contributed by atoms with Gasteiger partial charge in [-0.2, -0.15) is 0 Å². The van der Waals surface area contributed by atoms with E-state index in [4.69, 9.17) is 16.3 Å². The van der Waals surface area contributed by atoms with Crippen LogP contribution in [0, 0.1) is 5.92 Å². The van der Waals surface area contributed by atoms with E-state index in [0.29, 0.717) is 16.3 Å². The van der Waals surface area contributed by atoms with Gasteiger partial charge in [0.1, 0.15) is 5.75 Å². The number of benzene rings is 1. The summed E-state index contributed by atoms with van der Waals surface area (Å²) in [5.74, 6) is 1.16. The van der Waals surface area contributed by atoms with Crippen molar-refractivity contribution in [2.45, 2.75) is 38.1 Å². The van der Waals surface area contributed by atoms with Crippen LogP contribution in [0.5, 0.6) is 5.75 Å². The molecular formula is C16H21BrClNO2. The third-order valence-electron chi connectivity index (χ3n) is 4.27. The van der Waals surface area contributed by atoms with Gasteiger partial charge in [0.25, 0.3) is 5.91 Å². The molecule has 1 aromatic carbocycles. The first-order valence-electron chi connectivity index (χ1n) is 7.22. The second-order valence-electron chi connectivity index (χ2n) is 5.90. The number of rotatable bonds is 4. The number of hydrogen-bond acceptors (Lipinski definition) is 2. The molecule has 1 N–H and O–H groups in total. The van der Waals surface area contributed by atoms with Crippen LogP contribution in [0.3, 0.4) is 0 Å². The van der Waals surface area contributed by atoms with E-state index in [2.05, 4.69) is 28.2 Å². The van der Waals surface area contributed by atoms with Crippen molar-refractivity contribution in [3.8, 4) is 5.75 Å². The Hall–Kier alpha value is -0.740. The van der Waals surface area contributed by atoms with Crippen molar-refractivity contribution >= 4 is 33.4 Å². The summed E-state index contributed by atoms with van der Waals surface area (Å²) in [5.41, 5.74) is 0.320. The molecule has 0 aromatic heterocycles. The first-order chi connectivity index (χ1) is 9.99. The molecule has 1 aromatic rings. The van der Waals surface area contributed by atoms with Crippen LogP contribution in [0.25, 0.3) is 0 Å². The average Bonchev–Trinajstić information content (AvgIpc) is 2.49. The first-order valence-corrected chi connectivity index (χ1v) is 8.71. The van der Waals surface area contributed by atoms with Crippen LogP contribution >= 0.6 is 27.5 Å². The number of halogens is 2. The summed E-state index contributed by atoms with van der Waals surface area (Å²) in [7, 11) is 1.56. The van der Waals surface area contributed by atoms with E-state index >= 15 is 0 Å². The molecule has 0 saturated heterocycles. The highest BCUT2D eigenvalue weighted by atomic mass is 79.9. The summed E-state index contributed by atoms with van der Waals surface area (Å²) in [6, 6.07) is 5.10. The second kappa shape index (κ2) is 7.01. The summed E-state index contributed by atoms with van der Waals surface area (Å²) in [6.45, 7) is 2.26. The summed E-state index contributed by atoms with van der Waals surface area (Å²) < 4.78 is 5.26. The van der Waals surface area contributed by atoms with Gasteiger partial charge in [-0.05, 0) is 49.8 Å². The maximum atomic E-state index is 12.6. The fourth-order valence-electron chi connectivity index (χ4n) is 2.77. The van der Waals surface area contributed by atoms with E-state index in [-0.39, 0.29) is 11.4 Å². The lowest BCUT2D eigenvalue weighted by atomic mass is 9.78. The Morgan fingerprint density at radius 2 is 2.14 bits per heavy atom. The summed E-state index contributed by atoms with van der Waals surface area (Å²) >= 11 is 9.57. The zero-order valence-electron chi connectivity index (χ0n) is 12.4. The predicted molar refractivity (Wildman–Crippen MR) is 89.6 cm³/mol. The van der Waals surface area contributed by atoms with Crippen LogP contribution in [0.1, 0.15) is 43.0 Å². The molecule has 1 aliphatic rings. The van der Waals surface area contributed by atoms with Gasteiger partial charge in [-0.3, -0.25) is 4.79 Å². The van der Waals surface area contributed by atoms with Gasteiger partial charge >= 0.3 is 0 Å². The topological polar surface area (TPSA) is 38.3 Å². The van der Waals surface area contributed by atoms with Crippen molar-refractivity contribution in [3.63, 3.8) is 0 Å². The van der Waals surface area contributed by atoms with E-state index in [9.17, 15) is 4.79 Å². The average molecular weight is 375 g/mol. The third-order valence-corrected chi connectivity index (χ3v) is 5.58. The molecule has 0 heterocycles. The molecule has 0 bridgehead atoms. The smallest absolute Gasteiger partial charge is 0.255 e. The molecule has 1 aliphatic carbocycles. The molecule has 0 unspecified atom stereocenters. The van der Waals surface area contributed by atoms with Gasteiger partial charge in [0, 0.05) is 10.4 Å². The molecule has 0 atom stereocenters. The number of amides is 1. The predicted octanol–water partition coefficient (Wildman–Crippen LogP) is 4.42. The molecule has 1 amide bonds. The van der Waals surface area contributed by atoms with Crippen LogP contribution in [-0.4, -0.2) is 23.9 Å². The Morgan fingerprint density at radius 3 is 2.71 bits per heavy atom. The van der Waals surface area contributed by atoms with E-state index < -0.39 is 0 Å². The Kier molecular flexibility index (Phi) is 5.55. The number of ether oxygens (including phenoxy) is 1. The lowest BCUT2D eigenvalue weighted by Gasteiger charge is -2.39. The van der Waals surface area contributed by atoms with Gasteiger partial charge in [-0.15, -0.1) is 0 Å². The minimum Gasteiger partial charge on any atom is -0.496 e. The van der Waals surface area contributed by atoms with Crippen molar-refractivity contribution in [2.24, 2.45) is 5.92 Å². The largest absolute Gasteiger partial charge is 0.496 e. The Balaban J connectivity index is 2.18.